The standard InChI is InChI=1S/C57H48N2S2/c1-3-5-33-61-43-28-31-47-45-29-25-38(56(60)16-4-2)34-51(45)57(53(47)37-43)50-23-14-12-21-44(50)46-30-26-42(36-52(46)57)58(39-17-8-6-9-18-39)41-27-32-55-49(35-41)48-22-13-15-24-54(48)59(55)40-19-10-7-11-20-40/h6-15,17-32,34-37,56,60H,3-5,16,33H2,1-2H3/t56?,57-/m1/s1. The zero-order valence-electron chi connectivity index (χ0n) is 34.7. The molecule has 0 radical (unpaired) electrons. The number of thioether (sulfide) groups is 1. The topological polar surface area (TPSA) is 8.17 Å². The molecule has 0 aliphatic heterocycles. The van der Waals surface area contributed by atoms with Gasteiger partial charge in [0.25, 0.3) is 0 Å². The first-order chi connectivity index (χ1) is 30.1. The van der Waals surface area contributed by atoms with Crippen LogP contribution in [-0.4, -0.2) is 10.3 Å². The highest BCUT2D eigenvalue weighted by Gasteiger charge is 2.52. The molecule has 0 fully saturated rings. The van der Waals surface area contributed by atoms with E-state index in [1.165, 1.54) is 89.6 Å². The molecule has 2 nitrogen and oxygen atoms in total. The van der Waals surface area contributed by atoms with Crippen LogP contribution in [0.4, 0.5) is 17.1 Å². The van der Waals surface area contributed by atoms with Crippen molar-refractivity contribution in [1.29, 1.82) is 0 Å². The second-order valence-corrected chi connectivity index (χ2v) is 18.4. The van der Waals surface area contributed by atoms with E-state index in [0.717, 1.165) is 41.3 Å². The van der Waals surface area contributed by atoms with E-state index in [9.17, 15) is 0 Å². The fraction of sp³-hybridized carbons (Fsp3) is 0.158. The number of fused-ring (bicyclic) bond motifs is 13. The molecule has 61 heavy (non-hydrogen) atoms. The summed E-state index contributed by atoms with van der Waals surface area (Å²) in [5, 5.41) is 2.65. The van der Waals surface area contributed by atoms with Crippen molar-refractivity contribution >= 4 is 63.3 Å². The molecule has 0 amide bonds. The minimum atomic E-state index is -0.487. The molecule has 11 rings (SSSR count). The van der Waals surface area contributed by atoms with Crippen LogP contribution in [0.5, 0.6) is 0 Å². The maximum atomic E-state index is 5.19. The molecular formula is C57H48N2S2. The summed E-state index contributed by atoms with van der Waals surface area (Å²) in [6.07, 6.45) is 4.54. The molecule has 1 aromatic heterocycles. The van der Waals surface area contributed by atoms with Crippen molar-refractivity contribution in [3.63, 3.8) is 0 Å². The van der Waals surface area contributed by atoms with Gasteiger partial charge in [0.1, 0.15) is 0 Å². The summed E-state index contributed by atoms with van der Waals surface area (Å²) in [7, 11) is 0. The molecular weight excluding hydrogens is 777 g/mol. The molecule has 8 aromatic carbocycles. The Morgan fingerprint density at radius 1 is 0.525 bits per heavy atom. The van der Waals surface area contributed by atoms with E-state index in [-0.39, 0.29) is 5.25 Å². The largest absolute Gasteiger partial charge is 0.310 e. The third-order valence-corrected chi connectivity index (χ3v) is 14.7. The average Bonchev–Trinajstić information content (AvgIpc) is 3.91. The van der Waals surface area contributed by atoms with Gasteiger partial charge in [-0.05, 0) is 141 Å². The van der Waals surface area contributed by atoms with Gasteiger partial charge in [0, 0.05) is 43.7 Å². The number of anilines is 3. The molecule has 1 unspecified atom stereocenters. The number of benzene rings is 8. The molecule has 0 bridgehead atoms. The predicted octanol–water partition coefficient (Wildman–Crippen LogP) is 16.3. The Morgan fingerprint density at radius 3 is 1.95 bits per heavy atom. The van der Waals surface area contributed by atoms with Crippen molar-refractivity contribution in [1.82, 2.24) is 4.57 Å². The fourth-order valence-electron chi connectivity index (χ4n) is 10.4. The van der Waals surface area contributed by atoms with Gasteiger partial charge in [-0.2, -0.15) is 12.6 Å². The molecule has 1 spiro atoms. The zero-order chi connectivity index (χ0) is 41.1. The summed E-state index contributed by atoms with van der Waals surface area (Å²) < 4.78 is 2.39. The molecule has 2 aliphatic carbocycles. The smallest absolute Gasteiger partial charge is 0.0726 e. The van der Waals surface area contributed by atoms with Gasteiger partial charge in [0.15, 0.2) is 0 Å². The quantitative estimate of drug-likeness (QED) is 0.0790. The van der Waals surface area contributed by atoms with Crippen molar-refractivity contribution in [2.75, 3.05) is 10.7 Å². The van der Waals surface area contributed by atoms with Gasteiger partial charge in [0.2, 0.25) is 0 Å². The summed E-state index contributed by atoms with van der Waals surface area (Å²) in [6, 6.07) is 68.4. The Kier molecular flexibility index (Phi) is 9.67. The van der Waals surface area contributed by atoms with Crippen LogP contribution >= 0.6 is 24.4 Å². The van der Waals surface area contributed by atoms with Crippen molar-refractivity contribution in [2.45, 2.75) is 55.1 Å². The summed E-state index contributed by atoms with van der Waals surface area (Å²) in [5.74, 6) is 1.12. The lowest BCUT2D eigenvalue weighted by Gasteiger charge is -2.33. The second kappa shape index (κ2) is 15.5. The minimum Gasteiger partial charge on any atom is -0.310 e. The molecule has 9 aromatic rings. The zero-order valence-corrected chi connectivity index (χ0v) is 36.4. The monoisotopic (exact) mass is 824 g/mol. The van der Waals surface area contributed by atoms with E-state index in [1.54, 1.807) is 0 Å². The third-order valence-electron chi connectivity index (χ3n) is 13.1. The molecule has 0 N–H and O–H groups in total. The van der Waals surface area contributed by atoms with Crippen LogP contribution in [0.1, 0.15) is 72.6 Å². The Balaban J connectivity index is 1.16. The van der Waals surface area contributed by atoms with Gasteiger partial charge in [-0.25, -0.2) is 0 Å². The van der Waals surface area contributed by atoms with Crippen LogP contribution in [0.15, 0.2) is 187 Å². The number of para-hydroxylation sites is 3. The van der Waals surface area contributed by atoms with Gasteiger partial charge in [-0.3, -0.25) is 0 Å². The maximum Gasteiger partial charge on any atom is 0.0726 e. The Hall–Kier alpha value is -5.94. The first-order valence-corrected chi connectivity index (χ1v) is 23.4. The van der Waals surface area contributed by atoms with Crippen LogP contribution in [0.2, 0.25) is 0 Å². The van der Waals surface area contributed by atoms with Gasteiger partial charge in [0.05, 0.1) is 16.4 Å². The Morgan fingerprint density at radius 2 is 1.15 bits per heavy atom. The molecule has 1 heterocycles. The molecule has 0 saturated carbocycles. The lowest BCUT2D eigenvalue weighted by atomic mass is 9.70. The summed E-state index contributed by atoms with van der Waals surface area (Å²) in [6.45, 7) is 4.54. The minimum absolute atomic E-state index is 0.176. The SMILES string of the molecule is CCCCSc1ccc2c(c1)[C@]1(c3ccccc3-c3ccc(N(c4ccccc4)c4ccc5c(c4)c4ccccc4n5-c4ccccc4)cc31)c1cc(C(S)CCC)ccc1-2. The van der Waals surface area contributed by atoms with Crippen LogP contribution in [-0.2, 0) is 5.41 Å². The molecule has 2 atom stereocenters. The number of nitrogens with zero attached hydrogens (tertiary/aromatic N) is 2. The highest BCUT2D eigenvalue weighted by Crippen LogP contribution is 2.64. The van der Waals surface area contributed by atoms with Crippen molar-refractivity contribution in [2.24, 2.45) is 0 Å². The van der Waals surface area contributed by atoms with Crippen LogP contribution in [0, 0.1) is 0 Å². The maximum absolute atomic E-state index is 5.19. The van der Waals surface area contributed by atoms with E-state index in [0.29, 0.717) is 0 Å². The summed E-state index contributed by atoms with van der Waals surface area (Å²) in [5.41, 5.74) is 18.5. The highest BCUT2D eigenvalue weighted by molar-refractivity contribution is 7.99. The van der Waals surface area contributed by atoms with E-state index in [4.69, 9.17) is 12.6 Å². The number of aromatic nitrogens is 1. The second-order valence-electron chi connectivity index (χ2n) is 16.6. The van der Waals surface area contributed by atoms with E-state index < -0.39 is 5.41 Å². The predicted molar refractivity (Wildman–Crippen MR) is 264 cm³/mol. The average molecular weight is 825 g/mol. The van der Waals surface area contributed by atoms with Crippen LogP contribution in [0.3, 0.4) is 0 Å². The number of unbranched alkanes of at least 4 members (excludes halogenated alkanes) is 1. The van der Waals surface area contributed by atoms with Gasteiger partial charge < -0.3 is 9.47 Å². The van der Waals surface area contributed by atoms with E-state index in [2.05, 4.69) is 205 Å². The molecule has 4 heteroatoms. The molecule has 0 saturated heterocycles. The normalized spacial score (nSPS) is 15.2. The van der Waals surface area contributed by atoms with Crippen molar-refractivity contribution in [3.8, 4) is 27.9 Å². The van der Waals surface area contributed by atoms with Gasteiger partial charge >= 0.3 is 0 Å². The third kappa shape index (κ3) is 6.02. The van der Waals surface area contributed by atoms with E-state index >= 15 is 0 Å². The Labute approximate surface area is 369 Å². The lowest BCUT2D eigenvalue weighted by molar-refractivity contribution is 0.767. The number of hydrogen-bond donors (Lipinski definition) is 1. The number of hydrogen-bond acceptors (Lipinski definition) is 3. The van der Waals surface area contributed by atoms with Crippen molar-refractivity contribution in [3.05, 3.63) is 210 Å². The van der Waals surface area contributed by atoms with Crippen molar-refractivity contribution < 1.29 is 0 Å². The lowest BCUT2D eigenvalue weighted by Crippen LogP contribution is -2.26. The molecule has 2 aliphatic rings. The van der Waals surface area contributed by atoms with Crippen LogP contribution < -0.4 is 4.90 Å². The van der Waals surface area contributed by atoms with Gasteiger partial charge in [-0.15, -0.1) is 11.8 Å². The Bertz CT molecular complexity index is 3090. The first kappa shape index (κ1) is 38.0. The van der Waals surface area contributed by atoms with Gasteiger partial charge in [-0.1, -0.05) is 136 Å². The number of rotatable bonds is 11. The van der Waals surface area contributed by atoms with Crippen LogP contribution in [0.25, 0.3) is 49.7 Å². The molecule has 298 valence electrons. The number of thiol groups is 1. The summed E-state index contributed by atoms with van der Waals surface area (Å²) in [4.78, 5) is 3.80. The van der Waals surface area contributed by atoms with E-state index in [1.807, 2.05) is 11.8 Å². The first-order valence-electron chi connectivity index (χ1n) is 21.9. The fourth-order valence-corrected chi connectivity index (χ4v) is 11.8. The summed E-state index contributed by atoms with van der Waals surface area (Å²) >= 11 is 7.18. The highest BCUT2D eigenvalue weighted by atomic mass is 32.2.